The minimum absolute atomic E-state index is 0.00615. The summed E-state index contributed by atoms with van der Waals surface area (Å²) < 4.78 is 41.9. The summed E-state index contributed by atoms with van der Waals surface area (Å²) in [7, 11) is 2.36. The molecule has 0 bridgehead atoms. The summed E-state index contributed by atoms with van der Waals surface area (Å²) in [6, 6.07) is 0. The minimum Gasteiger partial charge on any atom is -0.466 e. The predicted octanol–water partition coefficient (Wildman–Crippen LogP) is 5.91. The quantitative estimate of drug-likeness (QED) is 0.155. The largest absolute Gasteiger partial charge is 0.466 e. The SMILES string of the molecule is CCCP(=O)(OCOC(=O)C(C)(C)C)OCn1cc(CCN(C)C)c2c1CC(OC)C=C2.CCOC(=O)C(C)(C)C. The summed E-state index contributed by atoms with van der Waals surface area (Å²) in [5.41, 5.74) is 2.48. The highest BCUT2D eigenvalue weighted by Crippen LogP contribution is 2.49. The molecule has 1 aliphatic rings. The molecule has 1 heterocycles. The smallest absolute Gasteiger partial charge is 0.335 e. The fourth-order valence-corrected chi connectivity index (χ4v) is 5.10. The van der Waals surface area contributed by atoms with Gasteiger partial charge in [0.15, 0.2) is 0 Å². The van der Waals surface area contributed by atoms with E-state index in [1.54, 1.807) is 27.9 Å². The number of nitrogens with zero attached hydrogens (tertiary/aromatic N) is 2. The fraction of sp³-hybridized carbons (Fsp3) is 0.733. The van der Waals surface area contributed by atoms with Gasteiger partial charge in [-0.25, -0.2) is 0 Å². The monoisotopic (exact) mass is 600 g/mol. The van der Waals surface area contributed by atoms with E-state index >= 15 is 0 Å². The highest BCUT2D eigenvalue weighted by molar-refractivity contribution is 7.53. The van der Waals surface area contributed by atoms with Gasteiger partial charge in [-0.15, -0.1) is 0 Å². The molecular formula is C30H53N2O8P. The maximum atomic E-state index is 13.2. The van der Waals surface area contributed by atoms with Gasteiger partial charge < -0.3 is 23.7 Å². The Bertz CT molecular complexity index is 1050. The number of fused-ring (bicyclic) bond motifs is 1. The van der Waals surface area contributed by atoms with Crippen molar-refractivity contribution >= 4 is 25.6 Å². The van der Waals surface area contributed by atoms with E-state index in [-0.39, 0.29) is 37.2 Å². The van der Waals surface area contributed by atoms with Crippen LogP contribution in [-0.4, -0.2) is 74.8 Å². The van der Waals surface area contributed by atoms with Crippen molar-refractivity contribution in [2.45, 2.75) is 87.5 Å². The molecule has 0 aliphatic heterocycles. The summed E-state index contributed by atoms with van der Waals surface area (Å²) in [5, 5.41) is 0. The van der Waals surface area contributed by atoms with Crippen molar-refractivity contribution in [1.29, 1.82) is 0 Å². The summed E-state index contributed by atoms with van der Waals surface area (Å²) in [6.07, 6.45) is 8.71. The Morgan fingerprint density at radius 2 is 1.63 bits per heavy atom. The molecule has 236 valence electrons. The molecule has 0 aromatic carbocycles. The number of esters is 2. The van der Waals surface area contributed by atoms with Crippen LogP contribution in [0.5, 0.6) is 0 Å². The van der Waals surface area contributed by atoms with Crippen molar-refractivity contribution in [3.8, 4) is 0 Å². The van der Waals surface area contributed by atoms with Crippen LogP contribution < -0.4 is 0 Å². The molecule has 0 radical (unpaired) electrons. The van der Waals surface area contributed by atoms with Gasteiger partial charge in [-0.3, -0.25) is 23.2 Å². The van der Waals surface area contributed by atoms with Crippen LogP contribution in [0.25, 0.3) is 6.08 Å². The molecule has 0 spiro atoms. The summed E-state index contributed by atoms with van der Waals surface area (Å²) in [4.78, 5) is 24.9. The highest BCUT2D eigenvalue weighted by atomic mass is 31.2. The molecule has 10 nitrogen and oxygen atoms in total. The Labute approximate surface area is 247 Å². The average molecular weight is 601 g/mol. The van der Waals surface area contributed by atoms with Crippen LogP contribution in [0.3, 0.4) is 0 Å². The summed E-state index contributed by atoms with van der Waals surface area (Å²) >= 11 is 0. The molecule has 0 amide bonds. The van der Waals surface area contributed by atoms with E-state index in [1.807, 2.05) is 53.3 Å². The Balaban J connectivity index is 0.000000803. The van der Waals surface area contributed by atoms with Crippen molar-refractivity contribution in [3.63, 3.8) is 0 Å². The van der Waals surface area contributed by atoms with Gasteiger partial charge in [-0.1, -0.05) is 19.1 Å². The van der Waals surface area contributed by atoms with Crippen LogP contribution in [0.1, 0.15) is 78.6 Å². The van der Waals surface area contributed by atoms with E-state index in [2.05, 4.69) is 23.2 Å². The topological polar surface area (TPSA) is 106 Å². The van der Waals surface area contributed by atoms with Gasteiger partial charge in [0.1, 0.15) is 6.73 Å². The molecule has 0 saturated heterocycles. The molecule has 41 heavy (non-hydrogen) atoms. The Morgan fingerprint density at radius 3 is 2.12 bits per heavy atom. The van der Waals surface area contributed by atoms with Gasteiger partial charge >= 0.3 is 19.5 Å². The maximum absolute atomic E-state index is 13.2. The van der Waals surface area contributed by atoms with Crippen LogP contribution >= 0.6 is 7.60 Å². The number of aromatic nitrogens is 1. The van der Waals surface area contributed by atoms with Crippen molar-refractivity contribution < 1.29 is 37.4 Å². The lowest BCUT2D eigenvalue weighted by Gasteiger charge is -2.22. The van der Waals surface area contributed by atoms with E-state index in [0.717, 1.165) is 25.1 Å². The molecule has 0 saturated carbocycles. The minimum atomic E-state index is -3.43. The number of carbonyl (C=O) groups excluding carboxylic acids is 2. The van der Waals surface area contributed by atoms with Crippen LogP contribution in [0.15, 0.2) is 12.3 Å². The third-order valence-corrected chi connectivity index (χ3v) is 8.15. The number of methoxy groups -OCH3 is 1. The molecule has 2 atom stereocenters. The van der Waals surface area contributed by atoms with Gasteiger partial charge in [-0.05, 0) is 86.5 Å². The van der Waals surface area contributed by atoms with Crippen molar-refractivity contribution in [2.75, 3.05) is 47.3 Å². The molecule has 2 rings (SSSR count). The number of hydrogen-bond donors (Lipinski definition) is 0. The lowest BCUT2D eigenvalue weighted by atomic mass is 9.97. The zero-order valence-corrected chi connectivity index (χ0v) is 28.0. The van der Waals surface area contributed by atoms with Crippen molar-refractivity contribution in [3.05, 3.63) is 29.1 Å². The summed E-state index contributed by atoms with van der Waals surface area (Å²) in [6.45, 7) is 15.6. The van der Waals surface area contributed by atoms with E-state index in [0.29, 0.717) is 13.0 Å². The normalized spacial score (nSPS) is 16.4. The molecule has 1 aliphatic carbocycles. The van der Waals surface area contributed by atoms with E-state index in [1.165, 1.54) is 11.1 Å². The first kappa shape index (κ1) is 37.1. The molecule has 0 fully saturated rings. The molecule has 0 N–H and O–H groups in total. The maximum Gasteiger partial charge on any atom is 0.335 e. The van der Waals surface area contributed by atoms with Crippen LogP contribution in [0, 0.1) is 10.8 Å². The van der Waals surface area contributed by atoms with Crippen molar-refractivity contribution in [1.82, 2.24) is 9.47 Å². The zero-order chi connectivity index (χ0) is 31.4. The second-order valence-corrected chi connectivity index (χ2v) is 14.6. The molecule has 1 aromatic heterocycles. The number of likely N-dealkylation sites (N-methyl/N-ethyl adjacent to an activating group) is 1. The van der Waals surface area contributed by atoms with Crippen LogP contribution in [0.2, 0.25) is 0 Å². The van der Waals surface area contributed by atoms with Gasteiger partial charge in [-0.2, -0.15) is 0 Å². The second kappa shape index (κ2) is 16.6. The lowest BCUT2D eigenvalue weighted by molar-refractivity contribution is -0.160. The third kappa shape index (κ3) is 12.8. The number of carbonyl (C=O) groups is 2. The van der Waals surface area contributed by atoms with E-state index in [4.69, 9.17) is 23.3 Å². The number of ether oxygens (including phenoxy) is 3. The van der Waals surface area contributed by atoms with Crippen LogP contribution in [-0.2, 0) is 57.0 Å². The first-order chi connectivity index (χ1) is 19.0. The number of rotatable bonds is 13. The Hall–Kier alpha value is -1.97. The zero-order valence-electron chi connectivity index (χ0n) is 27.1. The fourth-order valence-electron chi connectivity index (χ4n) is 3.70. The Kier molecular flexibility index (Phi) is 15.0. The third-order valence-electron chi connectivity index (χ3n) is 6.15. The number of hydrogen-bond acceptors (Lipinski definition) is 9. The lowest BCUT2D eigenvalue weighted by Crippen LogP contribution is -2.24. The van der Waals surface area contributed by atoms with Crippen molar-refractivity contribution in [2.24, 2.45) is 10.8 Å². The molecular weight excluding hydrogens is 547 g/mol. The van der Waals surface area contributed by atoms with Gasteiger partial charge in [0, 0.05) is 32.0 Å². The van der Waals surface area contributed by atoms with E-state index < -0.39 is 19.0 Å². The highest BCUT2D eigenvalue weighted by Gasteiger charge is 2.29. The molecule has 1 aromatic rings. The second-order valence-electron chi connectivity index (χ2n) is 12.4. The molecule has 11 heteroatoms. The average Bonchev–Trinajstić information content (AvgIpc) is 3.22. The van der Waals surface area contributed by atoms with E-state index in [9.17, 15) is 14.2 Å². The van der Waals surface area contributed by atoms with Gasteiger partial charge in [0.2, 0.25) is 6.79 Å². The van der Waals surface area contributed by atoms with Crippen LogP contribution in [0.4, 0.5) is 0 Å². The first-order valence-electron chi connectivity index (χ1n) is 14.3. The van der Waals surface area contributed by atoms with Gasteiger partial charge in [0.25, 0.3) is 0 Å². The first-order valence-corrected chi connectivity index (χ1v) is 16.0. The standard InChI is InChI=1S/C23H39N2O6P.C7H14O2/c1-8-13-32(27,31-17-29-22(26)23(2,3)4)30-16-25-15-18(11-12-24(5)6)20-10-9-19(28-7)14-21(20)25;1-5-9-6(8)7(2,3)4/h9-10,15,19H,8,11-14,16-17H2,1-7H3;5H2,1-4H3. The molecule has 2 unspecified atom stereocenters. The summed E-state index contributed by atoms with van der Waals surface area (Å²) in [5.74, 6) is -0.548. The Morgan fingerprint density at radius 1 is 1.02 bits per heavy atom. The predicted molar refractivity (Wildman–Crippen MR) is 162 cm³/mol. The van der Waals surface area contributed by atoms with Gasteiger partial charge in [0.05, 0.1) is 29.7 Å².